The topological polar surface area (TPSA) is 38.5 Å². The van der Waals surface area contributed by atoms with E-state index >= 15 is 0 Å². The molecule has 3 nitrogen and oxygen atoms in total. The van der Waals surface area contributed by atoms with Gasteiger partial charge < -0.3 is 15.4 Å². The number of nitrogens with two attached hydrogens (primary N) is 1. The number of nitrogens with zero attached hydrogens (tertiary/aromatic N) is 1. The SMILES string of the molecule is COc1ccc(C#CCN)c(CSCCN(C)C)c1. The number of rotatable bonds is 6. The molecule has 1 aromatic rings. The van der Waals surface area contributed by atoms with Gasteiger partial charge in [0.15, 0.2) is 0 Å². The first-order valence-electron chi connectivity index (χ1n) is 6.25. The maximum atomic E-state index is 5.43. The van der Waals surface area contributed by atoms with Gasteiger partial charge in [0.2, 0.25) is 0 Å². The lowest BCUT2D eigenvalue weighted by molar-refractivity contribution is 0.414. The van der Waals surface area contributed by atoms with E-state index in [2.05, 4.69) is 36.9 Å². The summed E-state index contributed by atoms with van der Waals surface area (Å²) in [4.78, 5) is 2.19. The van der Waals surface area contributed by atoms with E-state index < -0.39 is 0 Å². The molecule has 4 heteroatoms. The van der Waals surface area contributed by atoms with Gasteiger partial charge in [-0.15, -0.1) is 0 Å². The molecule has 0 radical (unpaired) electrons. The van der Waals surface area contributed by atoms with Crippen LogP contribution in [0.3, 0.4) is 0 Å². The van der Waals surface area contributed by atoms with E-state index in [1.807, 2.05) is 23.9 Å². The van der Waals surface area contributed by atoms with Crippen molar-refractivity contribution in [3.63, 3.8) is 0 Å². The highest BCUT2D eigenvalue weighted by Crippen LogP contribution is 2.21. The van der Waals surface area contributed by atoms with Gasteiger partial charge in [-0.25, -0.2) is 0 Å². The molecule has 19 heavy (non-hydrogen) atoms. The number of methoxy groups -OCH3 is 1. The highest BCUT2D eigenvalue weighted by atomic mass is 32.2. The number of benzene rings is 1. The summed E-state index contributed by atoms with van der Waals surface area (Å²) in [6, 6.07) is 6.00. The smallest absolute Gasteiger partial charge is 0.119 e. The summed E-state index contributed by atoms with van der Waals surface area (Å²) in [6.07, 6.45) is 0. The summed E-state index contributed by atoms with van der Waals surface area (Å²) >= 11 is 1.91. The fraction of sp³-hybridized carbons (Fsp3) is 0.467. The van der Waals surface area contributed by atoms with Crippen molar-refractivity contribution in [3.05, 3.63) is 29.3 Å². The average Bonchev–Trinajstić information content (AvgIpc) is 2.41. The minimum atomic E-state index is 0.388. The Morgan fingerprint density at radius 3 is 2.79 bits per heavy atom. The summed E-state index contributed by atoms with van der Waals surface area (Å²) < 4.78 is 5.27. The monoisotopic (exact) mass is 278 g/mol. The lowest BCUT2D eigenvalue weighted by Crippen LogP contribution is -2.14. The van der Waals surface area contributed by atoms with Gasteiger partial charge in [-0.05, 0) is 37.9 Å². The van der Waals surface area contributed by atoms with Crippen LogP contribution in [0.4, 0.5) is 0 Å². The fourth-order valence-electron chi connectivity index (χ4n) is 1.51. The zero-order valence-electron chi connectivity index (χ0n) is 11.9. The van der Waals surface area contributed by atoms with Gasteiger partial charge in [-0.1, -0.05) is 11.8 Å². The van der Waals surface area contributed by atoms with Crippen molar-refractivity contribution in [1.82, 2.24) is 4.90 Å². The molecule has 0 fully saturated rings. The molecule has 2 N–H and O–H groups in total. The molecular weight excluding hydrogens is 256 g/mol. The lowest BCUT2D eigenvalue weighted by atomic mass is 10.1. The van der Waals surface area contributed by atoms with E-state index in [4.69, 9.17) is 10.5 Å². The maximum Gasteiger partial charge on any atom is 0.119 e. The zero-order chi connectivity index (χ0) is 14.1. The molecule has 104 valence electrons. The molecule has 0 aliphatic carbocycles. The first-order valence-corrected chi connectivity index (χ1v) is 7.41. The Bertz CT molecular complexity index is 449. The van der Waals surface area contributed by atoms with E-state index in [1.54, 1.807) is 7.11 Å². The van der Waals surface area contributed by atoms with Gasteiger partial charge in [0, 0.05) is 23.6 Å². The third-order valence-corrected chi connectivity index (χ3v) is 3.56. The standard InChI is InChI=1S/C15H22N2OS/c1-17(2)9-10-19-12-14-11-15(18-3)7-6-13(14)5-4-8-16/h6-7,11H,8-10,12,16H2,1-3H3. The molecule has 0 heterocycles. The van der Waals surface area contributed by atoms with Gasteiger partial charge in [0.1, 0.15) is 5.75 Å². The Labute approximate surface area is 120 Å². The predicted molar refractivity (Wildman–Crippen MR) is 83.6 cm³/mol. The quantitative estimate of drug-likeness (QED) is 0.636. The normalized spacial score (nSPS) is 10.2. The van der Waals surface area contributed by atoms with Crippen LogP contribution in [0.2, 0.25) is 0 Å². The molecule has 0 saturated heterocycles. The van der Waals surface area contributed by atoms with Crippen molar-refractivity contribution in [3.8, 4) is 17.6 Å². The molecule has 0 unspecified atom stereocenters. The summed E-state index contributed by atoms with van der Waals surface area (Å²) in [5.41, 5.74) is 7.69. The fourth-order valence-corrected chi connectivity index (χ4v) is 2.61. The minimum Gasteiger partial charge on any atom is -0.497 e. The molecule has 0 atom stereocenters. The van der Waals surface area contributed by atoms with Crippen LogP contribution in [0.15, 0.2) is 18.2 Å². The van der Waals surface area contributed by atoms with Gasteiger partial charge in [-0.3, -0.25) is 0 Å². The molecule has 0 spiro atoms. The van der Waals surface area contributed by atoms with Crippen molar-refractivity contribution in [1.29, 1.82) is 0 Å². The predicted octanol–water partition coefficient (Wildman–Crippen LogP) is 1.80. The second-order valence-electron chi connectivity index (χ2n) is 4.38. The second-order valence-corrected chi connectivity index (χ2v) is 5.49. The summed E-state index contributed by atoms with van der Waals surface area (Å²) in [5, 5.41) is 0. The van der Waals surface area contributed by atoms with Crippen LogP contribution in [0.1, 0.15) is 11.1 Å². The number of thioether (sulfide) groups is 1. The minimum absolute atomic E-state index is 0.388. The molecule has 0 aliphatic rings. The Kier molecular flexibility index (Phi) is 7.42. The second kappa shape index (κ2) is 8.87. The average molecular weight is 278 g/mol. The first kappa shape index (κ1) is 15.9. The Morgan fingerprint density at radius 2 is 2.16 bits per heavy atom. The Morgan fingerprint density at radius 1 is 1.37 bits per heavy atom. The third-order valence-electron chi connectivity index (χ3n) is 2.58. The molecular formula is C15H22N2OS. The Hall–Kier alpha value is -1.15. The number of ether oxygens (including phenoxy) is 1. The van der Waals surface area contributed by atoms with Crippen LogP contribution in [-0.2, 0) is 5.75 Å². The van der Waals surface area contributed by atoms with Crippen LogP contribution in [0.25, 0.3) is 0 Å². The van der Waals surface area contributed by atoms with Gasteiger partial charge in [0.25, 0.3) is 0 Å². The van der Waals surface area contributed by atoms with Gasteiger partial charge in [-0.2, -0.15) is 11.8 Å². The Balaban J connectivity index is 2.71. The van der Waals surface area contributed by atoms with Crippen LogP contribution in [0, 0.1) is 11.8 Å². The number of hydrogen-bond acceptors (Lipinski definition) is 4. The largest absolute Gasteiger partial charge is 0.497 e. The van der Waals surface area contributed by atoms with E-state index in [-0.39, 0.29) is 0 Å². The molecule has 1 rings (SSSR count). The van der Waals surface area contributed by atoms with E-state index in [0.29, 0.717) is 6.54 Å². The van der Waals surface area contributed by atoms with Crippen molar-refractivity contribution >= 4 is 11.8 Å². The van der Waals surface area contributed by atoms with Crippen molar-refractivity contribution in [2.45, 2.75) is 5.75 Å². The van der Waals surface area contributed by atoms with Crippen molar-refractivity contribution < 1.29 is 4.74 Å². The number of hydrogen-bond donors (Lipinski definition) is 1. The summed E-state index contributed by atoms with van der Waals surface area (Å²) in [5.74, 6) is 8.96. The molecule has 0 aromatic heterocycles. The molecule has 0 bridgehead atoms. The van der Waals surface area contributed by atoms with Gasteiger partial charge in [0.05, 0.1) is 13.7 Å². The highest BCUT2D eigenvalue weighted by Gasteiger charge is 2.03. The summed E-state index contributed by atoms with van der Waals surface area (Å²) in [7, 11) is 5.86. The van der Waals surface area contributed by atoms with E-state index in [1.165, 1.54) is 5.56 Å². The molecule has 0 amide bonds. The maximum absolute atomic E-state index is 5.43. The van der Waals surface area contributed by atoms with Crippen LogP contribution in [-0.4, -0.2) is 44.9 Å². The van der Waals surface area contributed by atoms with Crippen molar-refractivity contribution in [2.75, 3.05) is 40.0 Å². The molecule has 0 saturated carbocycles. The zero-order valence-corrected chi connectivity index (χ0v) is 12.7. The van der Waals surface area contributed by atoms with Crippen LogP contribution >= 0.6 is 11.8 Å². The third kappa shape index (κ3) is 6.02. The highest BCUT2D eigenvalue weighted by molar-refractivity contribution is 7.98. The lowest BCUT2D eigenvalue weighted by Gasteiger charge is -2.10. The van der Waals surface area contributed by atoms with Crippen molar-refractivity contribution in [2.24, 2.45) is 5.73 Å². The van der Waals surface area contributed by atoms with E-state index in [9.17, 15) is 0 Å². The van der Waals surface area contributed by atoms with Crippen LogP contribution < -0.4 is 10.5 Å². The molecule has 1 aromatic carbocycles. The first-order chi connectivity index (χ1) is 9.17. The van der Waals surface area contributed by atoms with Gasteiger partial charge >= 0.3 is 0 Å². The van der Waals surface area contributed by atoms with E-state index in [0.717, 1.165) is 29.4 Å². The van der Waals surface area contributed by atoms with Crippen LogP contribution in [0.5, 0.6) is 5.75 Å². The molecule has 0 aliphatic heterocycles. The summed E-state index contributed by atoms with van der Waals surface area (Å²) in [6.45, 7) is 1.47.